The monoisotopic (exact) mass is 306 g/mol. The van der Waals surface area contributed by atoms with E-state index in [0.29, 0.717) is 24.9 Å². The van der Waals surface area contributed by atoms with Crippen molar-refractivity contribution in [2.75, 3.05) is 32.8 Å². The van der Waals surface area contributed by atoms with Crippen LogP contribution in [0.4, 0.5) is 0 Å². The summed E-state index contributed by atoms with van der Waals surface area (Å²) < 4.78 is 32.7. The van der Waals surface area contributed by atoms with Gasteiger partial charge in [0, 0.05) is 19.6 Å². The van der Waals surface area contributed by atoms with E-state index in [-0.39, 0.29) is 19.7 Å². The smallest absolute Gasteiger partial charge is 0.321 e. The van der Waals surface area contributed by atoms with Crippen molar-refractivity contribution in [1.82, 2.24) is 8.61 Å². The topological polar surface area (TPSA) is 66.9 Å². The van der Waals surface area contributed by atoms with Crippen LogP contribution >= 0.6 is 0 Å². The first-order valence-electron chi connectivity index (χ1n) is 7.22. The molecule has 0 bridgehead atoms. The molecule has 1 heterocycles. The van der Waals surface area contributed by atoms with Crippen LogP contribution in [0.2, 0.25) is 0 Å². The predicted molar refractivity (Wildman–Crippen MR) is 77.3 cm³/mol. The van der Waals surface area contributed by atoms with E-state index < -0.39 is 16.2 Å². The lowest BCUT2D eigenvalue weighted by molar-refractivity contribution is -0.143. The summed E-state index contributed by atoms with van der Waals surface area (Å²) in [4.78, 5) is 11.5. The van der Waals surface area contributed by atoms with Gasteiger partial charge in [-0.1, -0.05) is 20.8 Å². The molecule has 0 radical (unpaired) electrons. The summed E-state index contributed by atoms with van der Waals surface area (Å²) in [5.41, 5.74) is 0. The molecule has 0 aromatic carbocycles. The minimum atomic E-state index is -3.59. The molecule has 0 N–H and O–H groups in total. The lowest BCUT2D eigenvalue weighted by atomic mass is 9.94. The molecule has 7 heteroatoms. The van der Waals surface area contributed by atoms with Crippen molar-refractivity contribution in [3.63, 3.8) is 0 Å². The molecule has 1 fully saturated rings. The van der Waals surface area contributed by atoms with E-state index >= 15 is 0 Å². The van der Waals surface area contributed by atoms with Gasteiger partial charge in [0.2, 0.25) is 0 Å². The summed E-state index contributed by atoms with van der Waals surface area (Å²) in [7, 11) is -3.59. The number of carbonyl (C=O) groups excluding carboxylic acids is 1. The minimum absolute atomic E-state index is 0.216. The van der Waals surface area contributed by atoms with E-state index in [1.807, 2.05) is 0 Å². The molecule has 1 aliphatic rings. The highest BCUT2D eigenvalue weighted by Gasteiger charge is 2.35. The first-order chi connectivity index (χ1) is 9.31. The van der Waals surface area contributed by atoms with Gasteiger partial charge in [-0.25, -0.2) is 0 Å². The zero-order valence-corrected chi connectivity index (χ0v) is 13.6. The summed E-state index contributed by atoms with van der Waals surface area (Å²) >= 11 is 0. The third-order valence-corrected chi connectivity index (χ3v) is 5.44. The van der Waals surface area contributed by atoms with E-state index in [2.05, 4.69) is 13.8 Å². The Balaban J connectivity index is 2.80. The minimum Gasteiger partial charge on any atom is -0.465 e. The van der Waals surface area contributed by atoms with Gasteiger partial charge in [-0.05, 0) is 25.2 Å². The van der Waals surface area contributed by atoms with Crippen molar-refractivity contribution >= 4 is 16.2 Å². The number of piperidine rings is 1. The standard InChI is InChI=1S/C13H26N2O4S/c1-5-14(10-13(16)19-6-2)20(17,18)15-8-11(3)7-12(4)9-15/h11-12H,5-10H2,1-4H3. The first kappa shape index (κ1) is 17.4. The number of likely N-dealkylation sites (N-methyl/N-ethyl adjacent to an activating group) is 1. The van der Waals surface area contributed by atoms with Crippen LogP contribution in [0.1, 0.15) is 34.1 Å². The number of hydrogen-bond donors (Lipinski definition) is 0. The molecule has 20 heavy (non-hydrogen) atoms. The number of hydrogen-bond acceptors (Lipinski definition) is 4. The van der Waals surface area contributed by atoms with Gasteiger partial charge in [0.15, 0.2) is 0 Å². The maximum atomic E-state index is 12.6. The Hall–Kier alpha value is -0.660. The van der Waals surface area contributed by atoms with Crippen LogP contribution in [0, 0.1) is 11.8 Å². The lowest BCUT2D eigenvalue weighted by Crippen LogP contribution is -2.50. The van der Waals surface area contributed by atoms with Crippen molar-refractivity contribution in [2.45, 2.75) is 34.1 Å². The number of nitrogens with zero attached hydrogens (tertiary/aromatic N) is 2. The summed E-state index contributed by atoms with van der Waals surface area (Å²) in [5, 5.41) is 0. The van der Waals surface area contributed by atoms with E-state index in [1.54, 1.807) is 13.8 Å². The predicted octanol–water partition coefficient (Wildman–Crippen LogP) is 1.09. The Morgan fingerprint density at radius 1 is 1.25 bits per heavy atom. The summed E-state index contributed by atoms with van der Waals surface area (Å²) in [6.45, 7) is 8.89. The summed E-state index contributed by atoms with van der Waals surface area (Å²) in [6.07, 6.45) is 1.04. The Bertz CT molecular complexity index is 414. The van der Waals surface area contributed by atoms with Gasteiger partial charge >= 0.3 is 5.97 Å². The molecule has 118 valence electrons. The van der Waals surface area contributed by atoms with Crippen LogP contribution in [0.3, 0.4) is 0 Å². The molecular formula is C13H26N2O4S. The third kappa shape index (κ3) is 4.43. The fourth-order valence-electron chi connectivity index (χ4n) is 2.66. The van der Waals surface area contributed by atoms with Gasteiger partial charge in [-0.2, -0.15) is 17.0 Å². The fourth-order valence-corrected chi connectivity index (χ4v) is 4.47. The van der Waals surface area contributed by atoms with Gasteiger partial charge in [0.1, 0.15) is 6.54 Å². The van der Waals surface area contributed by atoms with Crippen molar-refractivity contribution < 1.29 is 17.9 Å². The third-order valence-electron chi connectivity index (χ3n) is 3.45. The van der Waals surface area contributed by atoms with Crippen LogP contribution in [-0.4, -0.2) is 55.8 Å². The number of esters is 1. The van der Waals surface area contributed by atoms with Gasteiger partial charge < -0.3 is 4.74 Å². The maximum Gasteiger partial charge on any atom is 0.321 e. The second-order valence-electron chi connectivity index (χ2n) is 5.50. The molecule has 0 aromatic heterocycles. The zero-order valence-electron chi connectivity index (χ0n) is 12.8. The highest BCUT2D eigenvalue weighted by molar-refractivity contribution is 7.86. The molecule has 0 spiro atoms. The zero-order chi connectivity index (χ0) is 15.3. The largest absolute Gasteiger partial charge is 0.465 e. The SMILES string of the molecule is CCOC(=O)CN(CC)S(=O)(=O)N1CC(C)CC(C)C1. The Labute approximate surface area is 122 Å². The lowest BCUT2D eigenvalue weighted by Gasteiger charge is -2.36. The maximum absolute atomic E-state index is 12.6. The van der Waals surface area contributed by atoms with Crippen LogP contribution in [0.5, 0.6) is 0 Å². The Morgan fingerprint density at radius 2 is 1.80 bits per heavy atom. The molecule has 0 amide bonds. The first-order valence-corrected chi connectivity index (χ1v) is 8.61. The Morgan fingerprint density at radius 3 is 2.25 bits per heavy atom. The van der Waals surface area contributed by atoms with Gasteiger partial charge in [0.25, 0.3) is 10.2 Å². The average Bonchev–Trinajstić information content (AvgIpc) is 2.34. The molecule has 0 aliphatic carbocycles. The quantitative estimate of drug-likeness (QED) is 0.689. The summed E-state index contributed by atoms with van der Waals surface area (Å²) in [5.74, 6) is 0.181. The van der Waals surface area contributed by atoms with Crippen LogP contribution in [0.25, 0.3) is 0 Å². The van der Waals surface area contributed by atoms with Gasteiger partial charge in [-0.3, -0.25) is 4.79 Å². The Kier molecular flexibility index (Phi) is 6.42. The second kappa shape index (κ2) is 7.38. The van der Waals surface area contributed by atoms with Crippen LogP contribution in [-0.2, 0) is 19.7 Å². The van der Waals surface area contributed by atoms with E-state index in [0.717, 1.165) is 6.42 Å². The molecule has 2 unspecified atom stereocenters. The van der Waals surface area contributed by atoms with E-state index in [4.69, 9.17) is 4.74 Å². The van der Waals surface area contributed by atoms with Crippen molar-refractivity contribution in [3.05, 3.63) is 0 Å². The molecule has 0 saturated carbocycles. The van der Waals surface area contributed by atoms with Crippen molar-refractivity contribution in [2.24, 2.45) is 11.8 Å². The second-order valence-corrected chi connectivity index (χ2v) is 7.43. The van der Waals surface area contributed by atoms with Crippen molar-refractivity contribution in [1.29, 1.82) is 0 Å². The normalized spacial score (nSPS) is 24.9. The number of carbonyl (C=O) groups is 1. The highest BCUT2D eigenvalue weighted by Crippen LogP contribution is 2.24. The van der Waals surface area contributed by atoms with E-state index in [9.17, 15) is 13.2 Å². The number of rotatable bonds is 6. The van der Waals surface area contributed by atoms with Gasteiger partial charge in [-0.15, -0.1) is 0 Å². The summed E-state index contributed by atoms with van der Waals surface area (Å²) in [6, 6.07) is 0. The number of ether oxygens (including phenoxy) is 1. The fraction of sp³-hybridized carbons (Fsp3) is 0.923. The highest BCUT2D eigenvalue weighted by atomic mass is 32.2. The molecule has 2 atom stereocenters. The van der Waals surface area contributed by atoms with Gasteiger partial charge in [0.05, 0.1) is 6.61 Å². The molecule has 1 aliphatic heterocycles. The average molecular weight is 306 g/mol. The van der Waals surface area contributed by atoms with E-state index in [1.165, 1.54) is 8.61 Å². The molecule has 1 saturated heterocycles. The molecule has 0 aromatic rings. The van der Waals surface area contributed by atoms with Crippen LogP contribution < -0.4 is 0 Å². The molecular weight excluding hydrogens is 280 g/mol. The molecule has 1 rings (SSSR count). The molecule has 6 nitrogen and oxygen atoms in total. The van der Waals surface area contributed by atoms with Crippen LogP contribution in [0.15, 0.2) is 0 Å². The van der Waals surface area contributed by atoms with Crippen molar-refractivity contribution in [3.8, 4) is 0 Å².